The maximum atomic E-state index is 12.0. The highest BCUT2D eigenvalue weighted by Gasteiger charge is 2.45. The molecule has 18 heavy (non-hydrogen) atoms. The minimum Gasteiger partial charge on any atom is -0.292 e. The Morgan fingerprint density at radius 2 is 1.83 bits per heavy atom. The first-order valence-electron chi connectivity index (χ1n) is 5.85. The van der Waals surface area contributed by atoms with E-state index in [1.165, 1.54) is 0 Å². The van der Waals surface area contributed by atoms with Crippen molar-refractivity contribution in [2.45, 2.75) is 20.3 Å². The second kappa shape index (κ2) is 4.37. The van der Waals surface area contributed by atoms with Crippen LogP contribution in [0.25, 0.3) is 0 Å². The minimum absolute atomic E-state index is 0.162. The molecule has 94 valence electrons. The zero-order valence-corrected chi connectivity index (χ0v) is 10.5. The van der Waals surface area contributed by atoms with Crippen LogP contribution >= 0.6 is 0 Å². The molecule has 1 fully saturated rings. The van der Waals surface area contributed by atoms with Gasteiger partial charge in [-0.2, -0.15) is 0 Å². The van der Waals surface area contributed by atoms with E-state index in [9.17, 15) is 14.4 Å². The zero-order chi connectivity index (χ0) is 13.3. The van der Waals surface area contributed by atoms with E-state index in [0.717, 1.165) is 4.90 Å². The molecule has 0 atom stereocenters. The van der Waals surface area contributed by atoms with Gasteiger partial charge in [-0.25, -0.2) is 0 Å². The Morgan fingerprint density at radius 3 is 2.33 bits per heavy atom. The molecule has 1 aromatic carbocycles. The lowest BCUT2D eigenvalue weighted by Crippen LogP contribution is -2.37. The molecule has 0 unspecified atom stereocenters. The molecule has 0 N–H and O–H groups in total. The average molecular weight is 245 g/mol. The topological polar surface area (TPSA) is 54.5 Å². The molecule has 4 nitrogen and oxygen atoms in total. The Morgan fingerprint density at radius 1 is 1.22 bits per heavy atom. The van der Waals surface area contributed by atoms with Crippen LogP contribution in [0.2, 0.25) is 0 Å². The van der Waals surface area contributed by atoms with Gasteiger partial charge in [-0.05, 0) is 0 Å². The second-order valence-corrected chi connectivity index (χ2v) is 5.13. The van der Waals surface area contributed by atoms with Crippen molar-refractivity contribution in [3.8, 4) is 0 Å². The summed E-state index contributed by atoms with van der Waals surface area (Å²) in [7, 11) is 0. The summed E-state index contributed by atoms with van der Waals surface area (Å²) in [6.45, 7) is 3.28. The molecular formula is C14H15NO3. The Bertz CT molecular complexity index is 505. The summed E-state index contributed by atoms with van der Waals surface area (Å²) in [5.74, 6) is -0.749. The van der Waals surface area contributed by atoms with E-state index in [1.54, 1.807) is 38.1 Å². The van der Waals surface area contributed by atoms with Gasteiger partial charge < -0.3 is 0 Å². The van der Waals surface area contributed by atoms with Gasteiger partial charge in [0.25, 0.3) is 0 Å². The van der Waals surface area contributed by atoms with Crippen LogP contribution in [0, 0.1) is 5.41 Å². The third-order valence-electron chi connectivity index (χ3n) is 3.12. The van der Waals surface area contributed by atoms with Gasteiger partial charge in [0, 0.05) is 12.0 Å². The lowest BCUT2D eigenvalue weighted by atomic mass is 9.92. The molecule has 0 spiro atoms. The Kier molecular flexibility index (Phi) is 3.03. The Balaban J connectivity index is 2.14. The minimum atomic E-state index is -0.686. The number of carbonyl (C=O) groups excluding carboxylic acids is 3. The molecule has 1 aliphatic rings. The number of benzene rings is 1. The van der Waals surface area contributed by atoms with Crippen LogP contribution in [0.4, 0.5) is 0 Å². The maximum absolute atomic E-state index is 12.0. The van der Waals surface area contributed by atoms with Crippen molar-refractivity contribution < 1.29 is 14.4 Å². The second-order valence-electron chi connectivity index (χ2n) is 5.13. The van der Waals surface area contributed by atoms with Crippen LogP contribution in [-0.2, 0) is 9.59 Å². The van der Waals surface area contributed by atoms with E-state index < -0.39 is 5.41 Å². The molecule has 0 bridgehead atoms. The molecule has 1 aromatic rings. The number of hydrogen-bond acceptors (Lipinski definition) is 3. The van der Waals surface area contributed by atoms with Gasteiger partial charge in [0.05, 0.1) is 12.0 Å². The van der Waals surface area contributed by atoms with Crippen LogP contribution in [0.3, 0.4) is 0 Å². The molecule has 0 radical (unpaired) electrons. The van der Waals surface area contributed by atoms with E-state index in [-0.39, 0.29) is 30.6 Å². The molecule has 2 amide bonds. The van der Waals surface area contributed by atoms with Crippen LogP contribution < -0.4 is 0 Å². The van der Waals surface area contributed by atoms with Crippen LogP contribution in [0.1, 0.15) is 30.6 Å². The molecule has 0 aromatic heterocycles. The zero-order valence-electron chi connectivity index (χ0n) is 10.5. The van der Waals surface area contributed by atoms with Gasteiger partial charge in [0.15, 0.2) is 5.78 Å². The summed E-state index contributed by atoms with van der Waals surface area (Å²) >= 11 is 0. The fourth-order valence-corrected chi connectivity index (χ4v) is 2.05. The van der Waals surface area contributed by atoms with Crippen molar-refractivity contribution in [2.75, 3.05) is 6.54 Å². The standard InChI is InChI=1S/C14H15NO3/c1-14(2)8-12(17)15(13(14)18)9-11(16)10-6-4-3-5-7-10/h3-7H,8-9H2,1-2H3. The number of hydrogen-bond donors (Lipinski definition) is 0. The van der Waals surface area contributed by atoms with Gasteiger partial charge in [-0.3, -0.25) is 19.3 Å². The fourth-order valence-electron chi connectivity index (χ4n) is 2.05. The third-order valence-corrected chi connectivity index (χ3v) is 3.12. The van der Waals surface area contributed by atoms with E-state index in [1.807, 2.05) is 6.07 Å². The smallest absolute Gasteiger partial charge is 0.235 e. The number of rotatable bonds is 3. The largest absolute Gasteiger partial charge is 0.292 e. The van der Waals surface area contributed by atoms with Crippen molar-refractivity contribution in [2.24, 2.45) is 5.41 Å². The van der Waals surface area contributed by atoms with Crippen molar-refractivity contribution >= 4 is 17.6 Å². The van der Waals surface area contributed by atoms with E-state index in [4.69, 9.17) is 0 Å². The first kappa shape index (κ1) is 12.5. The molecule has 1 aliphatic heterocycles. The summed E-state index contributed by atoms with van der Waals surface area (Å²) < 4.78 is 0. The number of Topliss-reactive ketones (excluding diaryl/α,β-unsaturated/α-hetero) is 1. The fraction of sp³-hybridized carbons (Fsp3) is 0.357. The van der Waals surface area contributed by atoms with Gasteiger partial charge in [-0.15, -0.1) is 0 Å². The van der Waals surface area contributed by atoms with Gasteiger partial charge in [-0.1, -0.05) is 44.2 Å². The highest BCUT2D eigenvalue weighted by atomic mass is 16.2. The van der Waals surface area contributed by atoms with Crippen molar-refractivity contribution in [3.63, 3.8) is 0 Å². The van der Waals surface area contributed by atoms with E-state index in [0.29, 0.717) is 5.56 Å². The summed E-state index contributed by atoms with van der Waals surface area (Å²) in [6.07, 6.45) is 0.175. The SMILES string of the molecule is CC1(C)CC(=O)N(CC(=O)c2ccccc2)C1=O. The molecule has 4 heteroatoms. The molecular weight excluding hydrogens is 230 g/mol. The molecule has 1 saturated heterocycles. The molecule has 0 saturated carbocycles. The number of likely N-dealkylation sites (tertiary alicyclic amines) is 1. The molecule has 1 heterocycles. The highest BCUT2D eigenvalue weighted by Crippen LogP contribution is 2.31. The number of nitrogens with zero attached hydrogens (tertiary/aromatic N) is 1. The van der Waals surface area contributed by atoms with Crippen molar-refractivity contribution in [1.82, 2.24) is 4.90 Å². The number of amides is 2. The Labute approximate surface area is 106 Å². The lowest BCUT2D eigenvalue weighted by molar-refractivity contribution is -0.140. The van der Waals surface area contributed by atoms with Crippen LogP contribution in [-0.4, -0.2) is 29.0 Å². The maximum Gasteiger partial charge on any atom is 0.235 e. The third kappa shape index (κ3) is 2.18. The summed E-state index contributed by atoms with van der Waals surface area (Å²) in [6, 6.07) is 8.68. The number of ketones is 1. The first-order valence-corrected chi connectivity index (χ1v) is 5.85. The quantitative estimate of drug-likeness (QED) is 0.601. The number of imide groups is 1. The summed E-state index contributed by atoms with van der Waals surface area (Å²) in [5, 5.41) is 0. The normalized spacial score (nSPS) is 18.2. The average Bonchev–Trinajstić information content (AvgIpc) is 2.52. The predicted octanol–water partition coefficient (Wildman–Crippen LogP) is 1.65. The first-order chi connectivity index (χ1) is 8.42. The van der Waals surface area contributed by atoms with Gasteiger partial charge >= 0.3 is 0 Å². The van der Waals surface area contributed by atoms with Crippen LogP contribution in [0.5, 0.6) is 0 Å². The highest BCUT2D eigenvalue weighted by molar-refractivity contribution is 6.10. The number of carbonyl (C=O) groups is 3. The lowest BCUT2D eigenvalue weighted by Gasteiger charge is -2.16. The molecule has 0 aliphatic carbocycles. The summed E-state index contributed by atoms with van der Waals surface area (Å²) in [4.78, 5) is 36.7. The Hall–Kier alpha value is -1.97. The molecule has 2 rings (SSSR count). The van der Waals surface area contributed by atoms with E-state index >= 15 is 0 Å². The van der Waals surface area contributed by atoms with Crippen LogP contribution in [0.15, 0.2) is 30.3 Å². The monoisotopic (exact) mass is 245 g/mol. The van der Waals surface area contributed by atoms with E-state index in [2.05, 4.69) is 0 Å². The van der Waals surface area contributed by atoms with Crippen molar-refractivity contribution in [1.29, 1.82) is 0 Å². The van der Waals surface area contributed by atoms with Gasteiger partial charge in [0.2, 0.25) is 11.8 Å². The summed E-state index contributed by atoms with van der Waals surface area (Å²) in [5.41, 5.74) is -0.170. The van der Waals surface area contributed by atoms with Gasteiger partial charge in [0.1, 0.15) is 0 Å². The predicted molar refractivity (Wildman–Crippen MR) is 65.9 cm³/mol. The van der Waals surface area contributed by atoms with Crippen molar-refractivity contribution in [3.05, 3.63) is 35.9 Å².